The van der Waals surface area contributed by atoms with Gasteiger partial charge in [-0.3, -0.25) is 4.79 Å². The average Bonchev–Trinajstić information content (AvgIpc) is 3.38. The number of hydrogen-bond donors (Lipinski definition) is 1. The summed E-state index contributed by atoms with van der Waals surface area (Å²) in [7, 11) is 0. The predicted molar refractivity (Wildman–Crippen MR) is 161 cm³/mol. The van der Waals surface area contributed by atoms with E-state index in [2.05, 4.69) is 0 Å². The lowest BCUT2D eigenvalue weighted by molar-refractivity contribution is -0.152. The molecule has 0 aliphatic carbocycles. The van der Waals surface area contributed by atoms with Crippen molar-refractivity contribution in [2.45, 2.75) is 44.1 Å². The van der Waals surface area contributed by atoms with E-state index in [0.29, 0.717) is 16.3 Å². The number of likely N-dealkylation sites (tertiary alicyclic amines) is 1. The van der Waals surface area contributed by atoms with Gasteiger partial charge in [0.1, 0.15) is 11.5 Å². The topological polar surface area (TPSA) is 93.1 Å². The van der Waals surface area contributed by atoms with Crippen molar-refractivity contribution in [3.8, 4) is 11.5 Å². The number of thioether (sulfide) groups is 1. The highest BCUT2D eigenvalue weighted by Crippen LogP contribution is 2.39. The molecule has 7 nitrogen and oxygen atoms in total. The van der Waals surface area contributed by atoms with Crippen molar-refractivity contribution < 1.29 is 29.0 Å². The summed E-state index contributed by atoms with van der Waals surface area (Å²) in [4.78, 5) is 41.3. The van der Waals surface area contributed by atoms with E-state index in [9.17, 15) is 19.5 Å². The first-order chi connectivity index (χ1) is 19.3. The first-order valence-electron chi connectivity index (χ1n) is 12.9. The molecule has 10 heteroatoms. The zero-order valence-corrected chi connectivity index (χ0v) is 25.7. The fourth-order valence-corrected chi connectivity index (χ4v) is 5.59. The molecule has 1 aliphatic rings. The second-order valence-electron chi connectivity index (χ2n) is 10.6. The molecule has 3 aromatic rings. The summed E-state index contributed by atoms with van der Waals surface area (Å²) >= 11 is 13.7. The first-order valence-corrected chi connectivity index (χ1v) is 14.9. The quantitative estimate of drug-likeness (QED) is 0.205. The standard InChI is InChI=1S/C31H31Cl2NO6S/c1-17-12-20(13-18(2)28(17)40-31(3,4)29(36)37)23-15-34(30(38)39-21-8-11-25(32)26(33)14-21)16-24(23)27(35)19-6-9-22(41-5)10-7-19/h6-14,23-24H,15-16H2,1-5H3,(H,36,37). The number of carbonyl (C=O) groups is 3. The third-order valence-corrected chi connectivity index (χ3v) is 8.65. The lowest BCUT2D eigenvalue weighted by Crippen LogP contribution is -2.38. The van der Waals surface area contributed by atoms with Crippen molar-refractivity contribution in [2.75, 3.05) is 19.3 Å². The Labute approximate surface area is 253 Å². The van der Waals surface area contributed by atoms with Crippen LogP contribution in [0.5, 0.6) is 11.5 Å². The molecule has 1 fully saturated rings. The number of aryl methyl sites for hydroxylation is 2. The third-order valence-electron chi connectivity index (χ3n) is 7.17. The van der Waals surface area contributed by atoms with Gasteiger partial charge in [-0.1, -0.05) is 47.5 Å². The van der Waals surface area contributed by atoms with Crippen molar-refractivity contribution in [2.24, 2.45) is 5.92 Å². The molecular formula is C31H31Cl2NO6S. The van der Waals surface area contributed by atoms with E-state index in [1.807, 2.05) is 56.5 Å². The molecule has 2 unspecified atom stereocenters. The highest BCUT2D eigenvalue weighted by molar-refractivity contribution is 7.98. The van der Waals surface area contributed by atoms with Gasteiger partial charge in [0, 0.05) is 41.5 Å². The van der Waals surface area contributed by atoms with Gasteiger partial charge in [0.05, 0.1) is 10.0 Å². The summed E-state index contributed by atoms with van der Waals surface area (Å²) < 4.78 is 11.5. The molecule has 0 spiro atoms. The fraction of sp³-hybridized carbons (Fsp3) is 0.323. The van der Waals surface area contributed by atoms with Gasteiger partial charge in [0.25, 0.3) is 0 Å². The zero-order valence-electron chi connectivity index (χ0n) is 23.4. The highest BCUT2D eigenvalue weighted by Gasteiger charge is 2.42. The number of carbonyl (C=O) groups excluding carboxylic acids is 2. The van der Waals surface area contributed by atoms with Gasteiger partial charge in [0.15, 0.2) is 11.4 Å². The molecule has 0 saturated carbocycles. The summed E-state index contributed by atoms with van der Waals surface area (Å²) in [6.07, 6.45) is 1.37. The summed E-state index contributed by atoms with van der Waals surface area (Å²) in [6.45, 7) is 7.08. The van der Waals surface area contributed by atoms with Crippen LogP contribution in [0.4, 0.5) is 4.79 Å². The molecule has 216 valence electrons. The van der Waals surface area contributed by atoms with Crippen molar-refractivity contribution in [1.29, 1.82) is 0 Å². The maximum Gasteiger partial charge on any atom is 0.415 e. The maximum absolute atomic E-state index is 13.8. The number of hydrogen-bond acceptors (Lipinski definition) is 6. The molecule has 0 aromatic heterocycles. The van der Waals surface area contributed by atoms with Gasteiger partial charge in [0.2, 0.25) is 0 Å². The number of carboxylic acid groups (broad SMARTS) is 1. The van der Waals surface area contributed by atoms with Gasteiger partial charge in [-0.05, 0) is 74.9 Å². The van der Waals surface area contributed by atoms with Gasteiger partial charge < -0.3 is 19.5 Å². The second-order valence-corrected chi connectivity index (χ2v) is 12.3. The lowest BCUT2D eigenvalue weighted by atomic mass is 9.82. The molecule has 1 aliphatic heterocycles. The second kappa shape index (κ2) is 12.3. The summed E-state index contributed by atoms with van der Waals surface area (Å²) in [6, 6.07) is 15.8. The Hall–Kier alpha value is -3.20. The molecule has 1 amide bonds. The number of Topliss-reactive ketones (excluding diaryl/α,β-unsaturated/α-hetero) is 1. The minimum Gasteiger partial charge on any atom is -0.478 e. The Kier molecular flexibility index (Phi) is 9.26. The number of carboxylic acids is 1. The van der Waals surface area contributed by atoms with Crippen molar-refractivity contribution >= 4 is 52.8 Å². The van der Waals surface area contributed by atoms with E-state index >= 15 is 0 Å². The Morgan fingerprint density at radius 3 is 2.15 bits per heavy atom. The largest absolute Gasteiger partial charge is 0.478 e. The van der Waals surface area contributed by atoms with Crippen LogP contribution in [0.2, 0.25) is 10.0 Å². The van der Waals surface area contributed by atoms with E-state index in [-0.39, 0.29) is 35.6 Å². The number of amides is 1. The van der Waals surface area contributed by atoms with Crippen molar-refractivity contribution in [1.82, 2.24) is 4.90 Å². The van der Waals surface area contributed by atoms with E-state index in [1.165, 1.54) is 24.8 Å². The number of rotatable bonds is 8. The monoisotopic (exact) mass is 615 g/mol. The number of aliphatic carboxylic acids is 1. The number of nitrogens with zero attached hydrogens (tertiary/aromatic N) is 1. The number of benzene rings is 3. The third kappa shape index (κ3) is 6.83. The van der Waals surface area contributed by atoms with Crippen LogP contribution < -0.4 is 9.47 Å². The summed E-state index contributed by atoms with van der Waals surface area (Å²) in [5, 5.41) is 10.1. The normalized spacial score (nSPS) is 16.9. The molecule has 41 heavy (non-hydrogen) atoms. The number of halogens is 2. The highest BCUT2D eigenvalue weighted by atomic mass is 35.5. The molecule has 4 rings (SSSR count). The van der Waals surface area contributed by atoms with E-state index in [1.54, 1.807) is 23.9 Å². The van der Waals surface area contributed by atoms with Crippen LogP contribution in [0.15, 0.2) is 59.5 Å². The molecule has 1 heterocycles. The van der Waals surface area contributed by atoms with Crippen LogP contribution in [0.25, 0.3) is 0 Å². The Bertz CT molecular complexity index is 1470. The Morgan fingerprint density at radius 2 is 1.59 bits per heavy atom. The minimum atomic E-state index is -1.42. The average molecular weight is 617 g/mol. The van der Waals surface area contributed by atoms with E-state index < -0.39 is 23.6 Å². The molecule has 2 atom stereocenters. The Balaban J connectivity index is 1.67. The van der Waals surface area contributed by atoms with Gasteiger partial charge in [-0.15, -0.1) is 11.8 Å². The van der Waals surface area contributed by atoms with Crippen LogP contribution in [0, 0.1) is 19.8 Å². The predicted octanol–water partition coefficient (Wildman–Crippen LogP) is 7.67. The van der Waals surface area contributed by atoms with Crippen molar-refractivity contribution in [3.63, 3.8) is 0 Å². The zero-order chi connectivity index (χ0) is 30.1. The van der Waals surface area contributed by atoms with E-state index in [0.717, 1.165) is 21.6 Å². The smallest absolute Gasteiger partial charge is 0.415 e. The van der Waals surface area contributed by atoms with Crippen LogP contribution >= 0.6 is 35.0 Å². The molecule has 1 saturated heterocycles. The lowest BCUT2D eigenvalue weighted by Gasteiger charge is -2.26. The molecule has 1 N–H and O–H groups in total. The van der Waals surface area contributed by atoms with E-state index in [4.69, 9.17) is 32.7 Å². The summed E-state index contributed by atoms with van der Waals surface area (Å²) in [5.74, 6) is -1.29. The van der Waals surface area contributed by atoms with Crippen LogP contribution in [0.3, 0.4) is 0 Å². The molecule has 0 bridgehead atoms. The molecule has 3 aromatic carbocycles. The van der Waals surface area contributed by atoms with Gasteiger partial charge >= 0.3 is 12.1 Å². The van der Waals surface area contributed by atoms with Gasteiger partial charge in [-0.2, -0.15) is 0 Å². The van der Waals surface area contributed by atoms with Crippen LogP contribution in [-0.4, -0.2) is 52.8 Å². The Morgan fingerprint density at radius 1 is 0.951 bits per heavy atom. The molecular weight excluding hydrogens is 585 g/mol. The first kappa shape index (κ1) is 30.8. The fourth-order valence-electron chi connectivity index (χ4n) is 4.89. The molecule has 0 radical (unpaired) electrons. The van der Waals surface area contributed by atoms with Crippen molar-refractivity contribution in [3.05, 3.63) is 86.9 Å². The van der Waals surface area contributed by atoms with Crippen LogP contribution in [0.1, 0.15) is 46.8 Å². The minimum absolute atomic E-state index is 0.0740. The maximum atomic E-state index is 13.8. The summed E-state index contributed by atoms with van der Waals surface area (Å²) in [5.41, 5.74) is 1.47. The number of ether oxygens (including phenoxy) is 2. The van der Waals surface area contributed by atoms with Crippen LogP contribution in [-0.2, 0) is 4.79 Å². The number of ketones is 1. The van der Waals surface area contributed by atoms with Gasteiger partial charge in [-0.25, -0.2) is 9.59 Å². The SMILES string of the molecule is CSc1ccc(C(=O)C2CN(C(=O)Oc3ccc(Cl)c(Cl)c3)CC2c2cc(C)c(OC(C)(C)C(=O)O)c(C)c2)cc1.